The number of rotatable bonds is 6. The fraction of sp³-hybridized carbons (Fsp3) is 0.474. The van der Waals surface area contributed by atoms with Gasteiger partial charge in [-0.15, -0.1) is 24.0 Å². The van der Waals surface area contributed by atoms with Gasteiger partial charge in [-0.1, -0.05) is 6.07 Å². The topological polar surface area (TPSA) is 54.7 Å². The first-order chi connectivity index (χ1) is 12.7. The lowest BCUT2D eigenvalue weighted by molar-refractivity contribution is 0.325. The van der Waals surface area contributed by atoms with Crippen LogP contribution in [0.2, 0.25) is 0 Å². The Balaban J connectivity index is 0.00000261. The van der Waals surface area contributed by atoms with Crippen LogP contribution in [0.15, 0.2) is 41.7 Å². The lowest BCUT2D eigenvalue weighted by Crippen LogP contribution is -2.40. The average Bonchev–Trinajstić information content (AvgIpc) is 3.27. The molecule has 1 atom stereocenters. The molecule has 2 aromatic rings. The van der Waals surface area contributed by atoms with Gasteiger partial charge in [0.05, 0.1) is 12.7 Å². The molecule has 1 aromatic carbocycles. The minimum absolute atomic E-state index is 0. The summed E-state index contributed by atoms with van der Waals surface area (Å²) in [5, 5.41) is 7.62. The van der Waals surface area contributed by atoms with Crippen molar-refractivity contribution in [3.05, 3.63) is 48.0 Å². The second kappa shape index (κ2) is 10.5. The third kappa shape index (κ3) is 6.08. The van der Waals surface area contributed by atoms with Crippen LogP contribution in [-0.2, 0) is 7.05 Å². The highest BCUT2D eigenvalue weighted by Gasteiger charge is 2.26. The summed E-state index contributed by atoms with van der Waals surface area (Å²) in [6.45, 7) is 5.72. The van der Waals surface area contributed by atoms with Crippen molar-refractivity contribution in [2.75, 3.05) is 32.8 Å². The molecule has 27 heavy (non-hydrogen) atoms. The van der Waals surface area contributed by atoms with Crippen molar-refractivity contribution < 1.29 is 9.13 Å². The summed E-state index contributed by atoms with van der Waals surface area (Å²) in [6, 6.07) is 6.17. The zero-order valence-electron chi connectivity index (χ0n) is 15.8. The molecule has 1 saturated heterocycles. The molecule has 0 aliphatic carbocycles. The summed E-state index contributed by atoms with van der Waals surface area (Å²) < 4.78 is 20.6. The highest BCUT2D eigenvalue weighted by atomic mass is 127. The highest BCUT2D eigenvalue weighted by molar-refractivity contribution is 14.0. The van der Waals surface area contributed by atoms with Crippen molar-refractivity contribution in [2.45, 2.75) is 19.3 Å². The molecular formula is C19H27FIN5O. The fourth-order valence-electron chi connectivity index (χ4n) is 3.17. The van der Waals surface area contributed by atoms with Crippen molar-refractivity contribution in [3.63, 3.8) is 0 Å². The standard InChI is InChI=1S/C19H26FN5O.HI/c1-3-21-19(22-8-10-26-18-6-4-5-17(20)11-18)25-9-7-15(14-25)16-12-23-24(2)13-16;/h4-6,11-13,15H,3,7-10,14H2,1-2H3,(H,21,22);1H. The molecule has 1 unspecified atom stereocenters. The van der Waals surface area contributed by atoms with E-state index in [1.54, 1.807) is 12.1 Å². The van der Waals surface area contributed by atoms with E-state index < -0.39 is 0 Å². The molecule has 3 rings (SSSR count). The molecule has 0 spiro atoms. The minimum Gasteiger partial charge on any atom is -0.492 e. The predicted octanol–water partition coefficient (Wildman–Crippen LogP) is 3.01. The summed E-state index contributed by atoms with van der Waals surface area (Å²) in [5.41, 5.74) is 1.28. The number of halogens is 2. The average molecular weight is 487 g/mol. The fourth-order valence-corrected chi connectivity index (χ4v) is 3.17. The largest absolute Gasteiger partial charge is 0.492 e. The number of guanidine groups is 1. The molecule has 1 aliphatic heterocycles. The van der Waals surface area contributed by atoms with Crippen LogP contribution >= 0.6 is 24.0 Å². The summed E-state index contributed by atoms with van der Waals surface area (Å²) in [4.78, 5) is 6.94. The first-order valence-electron chi connectivity index (χ1n) is 9.06. The number of aryl methyl sites for hydroxylation is 1. The van der Waals surface area contributed by atoms with Gasteiger partial charge in [0, 0.05) is 44.9 Å². The number of hydrogen-bond donors (Lipinski definition) is 1. The Morgan fingerprint density at radius 1 is 1.44 bits per heavy atom. The Hall–Kier alpha value is -1.84. The maximum absolute atomic E-state index is 13.2. The monoisotopic (exact) mass is 487 g/mol. The van der Waals surface area contributed by atoms with Crippen LogP contribution in [0.5, 0.6) is 5.75 Å². The number of nitrogens with zero attached hydrogens (tertiary/aromatic N) is 4. The van der Waals surface area contributed by atoms with E-state index in [-0.39, 0.29) is 29.8 Å². The van der Waals surface area contributed by atoms with Gasteiger partial charge in [0.1, 0.15) is 18.2 Å². The SMILES string of the molecule is CCNC(=NCCOc1cccc(F)c1)N1CCC(c2cnn(C)c2)C1.I. The molecule has 148 valence electrons. The van der Waals surface area contributed by atoms with E-state index >= 15 is 0 Å². The van der Waals surface area contributed by atoms with Crippen molar-refractivity contribution in [3.8, 4) is 5.75 Å². The number of aliphatic imine (C=N–C) groups is 1. The Bertz CT molecular complexity index is 751. The van der Waals surface area contributed by atoms with E-state index in [9.17, 15) is 4.39 Å². The minimum atomic E-state index is -0.294. The van der Waals surface area contributed by atoms with Gasteiger partial charge < -0.3 is 15.0 Å². The number of aromatic nitrogens is 2. The summed E-state index contributed by atoms with van der Waals surface area (Å²) >= 11 is 0. The van der Waals surface area contributed by atoms with Gasteiger partial charge in [-0.2, -0.15) is 5.10 Å². The van der Waals surface area contributed by atoms with Crippen molar-refractivity contribution in [1.29, 1.82) is 0 Å². The zero-order valence-corrected chi connectivity index (χ0v) is 18.1. The third-order valence-electron chi connectivity index (χ3n) is 4.44. The molecule has 1 aliphatic rings. The predicted molar refractivity (Wildman–Crippen MR) is 115 cm³/mol. The van der Waals surface area contributed by atoms with Crippen LogP contribution in [0.4, 0.5) is 4.39 Å². The summed E-state index contributed by atoms with van der Waals surface area (Å²) in [5.74, 6) is 1.62. The molecule has 2 heterocycles. The Labute approximate surface area is 176 Å². The normalized spacial score (nSPS) is 16.9. The van der Waals surface area contributed by atoms with Crippen LogP contribution < -0.4 is 10.1 Å². The number of hydrogen-bond acceptors (Lipinski definition) is 3. The first-order valence-corrected chi connectivity index (χ1v) is 9.06. The van der Waals surface area contributed by atoms with E-state index in [1.807, 2.05) is 17.9 Å². The Morgan fingerprint density at radius 3 is 3.00 bits per heavy atom. The van der Waals surface area contributed by atoms with Gasteiger partial charge in [-0.3, -0.25) is 4.68 Å². The lowest BCUT2D eigenvalue weighted by atomic mass is 10.0. The molecule has 8 heteroatoms. The number of likely N-dealkylation sites (tertiary alicyclic amines) is 1. The van der Waals surface area contributed by atoms with Crippen LogP contribution in [0.3, 0.4) is 0 Å². The van der Waals surface area contributed by atoms with E-state index in [0.29, 0.717) is 24.8 Å². The van der Waals surface area contributed by atoms with Crippen molar-refractivity contribution in [2.24, 2.45) is 12.0 Å². The molecule has 0 amide bonds. The second-order valence-corrected chi connectivity index (χ2v) is 6.42. The van der Waals surface area contributed by atoms with Gasteiger partial charge in [0.25, 0.3) is 0 Å². The van der Waals surface area contributed by atoms with E-state index in [4.69, 9.17) is 4.74 Å². The van der Waals surface area contributed by atoms with Gasteiger partial charge >= 0.3 is 0 Å². The number of nitrogens with one attached hydrogen (secondary N) is 1. The molecule has 1 fully saturated rings. The second-order valence-electron chi connectivity index (χ2n) is 6.42. The van der Waals surface area contributed by atoms with E-state index in [0.717, 1.165) is 32.0 Å². The third-order valence-corrected chi connectivity index (χ3v) is 4.44. The van der Waals surface area contributed by atoms with Crippen LogP contribution in [0.1, 0.15) is 24.8 Å². The number of ether oxygens (including phenoxy) is 1. The summed E-state index contributed by atoms with van der Waals surface area (Å²) in [7, 11) is 1.94. The van der Waals surface area contributed by atoms with Crippen LogP contribution in [0.25, 0.3) is 0 Å². The quantitative estimate of drug-likeness (QED) is 0.295. The molecule has 0 saturated carbocycles. The van der Waals surface area contributed by atoms with Crippen molar-refractivity contribution >= 4 is 29.9 Å². The molecule has 1 N–H and O–H groups in total. The highest BCUT2D eigenvalue weighted by Crippen LogP contribution is 2.26. The van der Waals surface area contributed by atoms with E-state index in [2.05, 4.69) is 33.4 Å². The van der Waals surface area contributed by atoms with Crippen molar-refractivity contribution in [1.82, 2.24) is 20.0 Å². The van der Waals surface area contributed by atoms with Gasteiger partial charge in [0.15, 0.2) is 5.96 Å². The zero-order chi connectivity index (χ0) is 18.4. The van der Waals surface area contributed by atoms with Crippen LogP contribution in [0, 0.1) is 5.82 Å². The first kappa shape index (κ1) is 21.5. The van der Waals surface area contributed by atoms with E-state index in [1.165, 1.54) is 17.7 Å². The smallest absolute Gasteiger partial charge is 0.194 e. The van der Waals surface area contributed by atoms with Gasteiger partial charge in [-0.05, 0) is 31.0 Å². The maximum Gasteiger partial charge on any atom is 0.194 e. The molecule has 0 bridgehead atoms. The molecule has 6 nitrogen and oxygen atoms in total. The van der Waals surface area contributed by atoms with Crippen LogP contribution in [-0.4, -0.2) is 53.4 Å². The molecular weight excluding hydrogens is 460 g/mol. The maximum atomic E-state index is 13.2. The number of benzene rings is 1. The summed E-state index contributed by atoms with van der Waals surface area (Å²) in [6.07, 6.45) is 5.13. The molecule has 1 aromatic heterocycles. The molecule has 0 radical (unpaired) electrons. The van der Waals surface area contributed by atoms with Gasteiger partial charge in [-0.25, -0.2) is 9.38 Å². The lowest BCUT2D eigenvalue weighted by Gasteiger charge is -2.21. The van der Waals surface area contributed by atoms with Gasteiger partial charge in [0.2, 0.25) is 0 Å². The Kier molecular flexibility index (Phi) is 8.33. The Morgan fingerprint density at radius 2 is 2.30 bits per heavy atom.